The molecule has 20 heavy (non-hydrogen) atoms. The van der Waals surface area contributed by atoms with E-state index in [9.17, 15) is 4.39 Å². The molecule has 0 bridgehead atoms. The van der Waals surface area contributed by atoms with Crippen LogP contribution in [0.5, 0.6) is 5.88 Å². The molecule has 106 valence electrons. The second-order valence-corrected chi connectivity index (χ2v) is 4.86. The van der Waals surface area contributed by atoms with E-state index < -0.39 is 0 Å². The summed E-state index contributed by atoms with van der Waals surface area (Å²) in [5, 5.41) is 3.51. The summed E-state index contributed by atoms with van der Waals surface area (Å²) in [7, 11) is 3.37. The number of methoxy groups -OCH3 is 1. The van der Waals surface area contributed by atoms with Crippen molar-refractivity contribution in [2.75, 3.05) is 14.2 Å². The highest BCUT2D eigenvalue weighted by atomic mass is 35.5. The van der Waals surface area contributed by atoms with Crippen LogP contribution >= 0.6 is 11.6 Å². The molecule has 0 aliphatic rings. The van der Waals surface area contributed by atoms with Crippen molar-refractivity contribution in [1.82, 2.24) is 10.3 Å². The van der Waals surface area contributed by atoms with Crippen LogP contribution in [0.1, 0.15) is 17.2 Å². The van der Waals surface area contributed by atoms with Gasteiger partial charge < -0.3 is 10.1 Å². The zero-order valence-corrected chi connectivity index (χ0v) is 12.1. The van der Waals surface area contributed by atoms with E-state index in [0.717, 1.165) is 5.56 Å². The minimum absolute atomic E-state index is 0.137. The normalized spacial score (nSPS) is 12.2. The SMILES string of the molecule is CNC(Cc1ccc(OC)nc1)c1ccc(Cl)cc1F. The lowest BCUT2D eigenvalue weighted by molar-refractivity contribution is 0.397. The third-order valence-corrected chi connectivity index (χ3v) is 3.37. The van der Waals surface area contributed by atoms with Crippen molar-refractivity contribution in [2.24, 2.45) is 0 Å². The van der Waals surface area contributed by atoms with Crippen molar-refractivity contribution in [1.29, 1.82) is 0 Å². The Kier molecular flexibility index (Phi) is 4.93. The van der Waals surface area contributed by atoms with Crippen LogP contribution in [-0.2, 0) is 6.42 Å². The number of ether oxygens (including phenoxy) is 1. The third-order valence-electron chi connectivity index (χ3n) is 3.13. The quantitative estimate of drug-likeness (QED) is 0.918. The van der Waals surface area contributed by atoms with Gasteiger partial charge >= 0.3 is 0 Å². The molecular weight excluding hydrogens is 279 g/mol. The van der Waals surface area contributed by atoms with Crippen molar-refractivity contribution < 1.29 is 9.13 Å². The Morgan fingerprint density at radius 2 is 2.15 bits per heavy atom. The van der Waals surface area contributed by atoms with E-state index in [2.05, 4.69) is 10.3 Å². The van der Waals surface area contributed by atoms with E-state index >= 15 is 0 Å². The number of nitrogens with zero attached hydrogens (tertiary/aromatic N) is 1. The molecular formula is C15H16ClFN2O. The van der Waals surface area contributed by atoms with Crippen LogP contribution in [0.25, 0.3) is 0 Å². The number of hydrogen-bond acceptors (Lipinski definition) is 3. The van der Waals surface area contributed by atoms with Crippen molar-refractivity contribution in [3.63, 3.8) is 0 Å². The molecule has 5 heteroatoms. The number of likely N-dealkylation sites (N-methyl/N-ethyl adjacent to an activating group) is 1. The first-order valence-electron chi connectivity index (χ1n) is 6.25. The Balaban J connectivity index is 2.19. The summed E-state index contributed by atoms with van der Waals surface area (Å²) in [5.41, 5.74) is 1.59. The first kappa shape index (κ1) is 14.8. The number of pyridine rings is 1. The molecule has 0 saturated carbocycles. The van der Waals surface area contributed by atoms with E-state index in [4.69, 9.17) is 16.3 Å². The molecule has 1 aromatic heterocycles. The van der Waals surface area contributed by atoms with Gasteiger partial charge in [-0.2, -0.15) is 0 Å². The minimum Gasteiger partial charge on any atom is -0.481 e. The van der Waals surface area contributed by atoms with E-state index in [1.54, 1.807) is 38.6 Å². The number of hydrogen-bond donors (Lipinski definition) is 1. The second-order valence-electron chi connectivity index (χ2n) is 4.42. The summed E-state index contributed by atoms with van der Waals surface area (Å²) in [5.74, 6) is 0.255. The van der Waals surface area contributed by atoms with Gasteiger partial charge in [0.25, 0.3) is 0 Å². The largest absolute Gasteiger partial charge is 0.481 e. The number of halogens is 2. The number of nitrogens with one attached hydrogen (secondary N) is 1. The van der Waals surface area contributed by atoms with Crippen LogP contribution in [0.4, 0.5) is 4.39 Å². The van der Waals surface area contributed by atoms with Crippen molar-refractivity contribution in [2.45, 2.75) is 12.5 Å². The maximum absolute atomic E-state index is 13.9. The number of aromatic nitrogens is 1. The summed E-state index contributed by atoms with van der Waals surface area (Å²) in [4.78, 5) is 4.15. The van der Waals surface area contributed by atoms with Gasteiger partial charge in [0.1, 0.15) is 5.82 Å². The average molecular weight is 295 g/mol. The molecule has 1 N–H and O–H groups in total. The molecule has 2 aromatic rings. The minimum atomic E-state index is -0.307. The Bertz CT molecular complexity index is 575. The molecule has 1 heterocycles. The smallest absolute Gasteiger partial charge is 0.212 e. The predicted molar refractivity (Wildman–Crippen MR) is 77.7 cm³/mol. The van der Waals surface area contributed by atoms with E-state index in [-0.39, 0.29) is 11.9 Å². The highest BCUT2D eigenvalue weighted by molar-refractivity contribution is 6.30. The molecule has 0 radical (unpaired) electrons. The molecule has 0 saturated heterocycles. The molecule has 0 amide bonds. The first-order chi connectivity index (χ1) is 9.63. The maximum atomic E-state index is 13.9. The molecule has 1 atom stereocenters. The van der Waals surface area contributed by atoms with Crippen LogP contribution in [0, 0.1) is 5.82 Å². The lowest BCUT2D eigenvalue weighted by Crippen LogP contribution is -2.20. The van der Waals surface area contributed by atoms with Crippen LogP contribution in [0.15, 0.2) is 36.5 Å². The molecule has 1 unspecified atom stereocenters. The predicted octanol–water partition coefficient (Wildman–Crippen LogP) is 3.39. The van der Waals surface area contributed by atoms with Gasteiger partial charge in [0, 0.05) is 28.9 Å². The van der Waals surface area contributed by atoms with Gasteiger partial charge in [-0.25, -0.2) is 9.37 Å². The molecule has 0 aliphatic heterocycles. The lowest BCUT2D eigenvalue weighted by Gasteiger charge is -2.17. The van der Waals surface area contributed by atoms with Crippen LogP contribution in [-0.4, -0.2) is 19.1 Å². The Morgan fingerprint density at radius 1 is 1.35 bits per heavy atom. The zero-order chi connectivity index (χ0) is 14.5. The molecule has 3 nitrogen and oxygen atoms in total. The molecule has 0 fully saturated rings. The Labute approximate surface area is 122 Å². The fraction of sp³-hybridized carbons (Fsp3) is 0.267. The highest BCUT2D eigenvalue weighted by Gasteiger charge is 2.15. The highest BCUT2D eigenvalue weighted by Crippen LogP contribution is 2.23. The summed E-state index contributed by atoms with van der Waals surface area (Å²) < 4.78 is 19.0. The van der Waals surface area contributed by atoms with E-state index in [0.29, 0.717) is 22.9 Å². The Morgan fingerprint density at radius 3 is 2.70 bits per heavy atom. The molecule has 1 aromatic carbocycles. The molecule has 2 rings (SSSR count). The van der Waals surface area contributed by atoms with Gasteiger partial charge in [-0.3, -0.25) is 0 Å². The van der Waals surface area contributed by atoms with E-state index in [1.165, 1.54) is 6.07 Å². The third kappa shape index (κ3) is 3.46. The topological polar surface area (TPSA) is 34.1 Å². The zero-order valence-electron chi connectivity index (χ0n) is 11.4. The van der Waals surface area contributed by atoms with E-state index in [1.807, 2.05) is 6.07 Å². The summed E-state index contributed by atoms with van der Waals surface area (Å²) in [6.07, 6.45) is 2.36. The molecule has 0 aliphatic carbocycles. The van der Waals surface area contributed by atoms with Crippen LogP contribution < -0.4 is 10.1 Å². The monoisotopic (exact) mass is 294 g/mol. The molecule has 0 spiro atoms. The number of rotatable bonds is 5. The van der Waals surface area contributed by atoms with Gasteiger partial charge in [-0.05, 0) is 31.2 Å². The first-order valence-corrected chi connectivity index (χ1v) is 6.63. The fourth-order valence-electron chi connectivity index (χ4n) is 2.04. The Hall–Kier alpha value is -1.65. The lowest BCUT2D eigenvalue weighted by atomic mass is 9.99. The fourth-order valence-corrected chi connectivity index (χ4v) is 2.20. The average Bonchev–Trinajstić information content (AvgIpc) is 2.46. The van der Waals surface area contributed by atoms with Gasteiger partial charge in [-0.15, -0.1) is 0 Å². The second kappa shape index (κ2) is 6.68. The van der Waals surface area contributed by atoms with Crippen molar-refractivity contribution in [3.8, 4) is 5.88 Å². The number of benzene rings is 1. The standard InChI is InChI=1S/C15H16ClFN2O/c1-18-14(12-5-4-11(16)8-13(12)17)7-10-3-6-15(20-2)19-9-10/h3-6,8-9,14,18H,7H2,1-2H3. The maximum Gasteiger partial charge on any atom is 0.212 e. The summed E-state index contributed by atoms with van der Waals surface area (Å²) >= 11 is 5.77. The van der Waals surface area contributed by atoms with Crippen molar-refractivity contribution in [3.05, 3.63) is 58.5 Å². The van der Waals surface area contributed by atoms with Gasteiger partial charge in [0.2, 0.25) is 5.88 Å². The summed E-state index contributed by atoms with van der Waals surface area (Å²) in [6.45, 7) is 0. The van der Waals surface area contributed by atoms with Gasteiger partial charge in [0.15, 0.2) is 0 Å². The summed E-state index contributed by atoms with van der Waals surface area (Å²) in [6, 6.07) is 8.30. The van der Waals surface area contributed by atoms with Gasteiger partial charge in [-0.1, -0.05) is 23.7 Å². The van der Waals surface area contributed by atoms with Crippen molar-refractivity contribution >= 4 is 11.6 Å². The van der Waals surface area contributed by atoms with Crippen LogP contribution in [0.2, 0.25) is 5.02 Å². The van der Waals surface area contributed by atoms with Crippen LogP contribution in [0.3, 0.4) is 0 Å². The van der Waals surface area contributed by atoms with Gasteiger partial charge in [0.05, 0.1) is 7.11 Å².